The predicted octanol–water partition coefficient (Wildman–Crippen LogP) is 3.12. The normalized spacial score (nSPS) is 10.8. The van der Waals surface area contributed by atoms with Gasteiger partial charge in [-0.05, 0) is 45.4 Å². The van der Waals surface area contributed by atoms with Gasteiger partial charge in [-0.15, -0.1) is 0 Å². The van der Waals surface area contributed by atoms with Crippen LogP contribution in [0.2, 0.25) is 0 Å². The molecule has 0 atom stereocenters. The van der Waals surface area contributed by atoms with Crippen molar-refractivity contribution in [2.45, 2.75) is 39.8 Å². The predicted molar refractivity (Wildman–Crippen MR) is 77.2 cm³/mol. The third-order valence-electron chi connectivity index (χ3n) is 2.36. The number of carbonyl (C=O) groups excluding carboxylic acids is 1. The van der Waals surface area contributed by atoms with E-state index in [0.717, 1.165) is 5.56 Å². The number of methoxy groups -OCH3 is 1. The van der Waals surface area contributed by atoms with E-state index in [2.05, 4.69) is 5.32 Å². The third kappa shape index (κ3) is 5.38. The van der Waals surface area contributed by atoms with Crippen molar-refractivity contribution in [3.63, 3.8) is 0 Å². The monoisotopic (exact) mass is 281 g/mol. The smallest absolute Gasteiger partial charge is 0.407 e. The molecule has 5 nitrogen and oxygen atoms in total. The maximum Gasteiger partial charge on any atom is 0.407 e. The third-order valence-corrected chi connectivity index (χ3v) is 2.36. The zero-order valence-electron chi connectivity index (χ0n) is 12.8. The summed E-state index contributed by atoms with van der Waals surface area (Å²) in [6.07, 6.45) is -0.439. The summed E-state index contributed by atoms with van der Waals surface area (Å²) in [7, 11) is 1.59. The fraction of sp³-hybridized carbons (Fsp3) is 0.533. The summed E-state index contributed by atoms with van der Waals surface area (Å²) in [6, 6.07) is 5.54. The zero-order chi connectivity index (χ0) is 15.2. The molecular weight excluding hydrogens is 258 g/mol. The number of nitrogens with one attached hydrogen (secondary N) is 1. The molecule has 0 aliphatic heterocycles. The molecule has 0 saturated heterocycles. The van der Waals surface area contributed by atoms with Crippen LogP contribution in [0.5, 0.6) is 11.5 Å². The van der Waals surface area contributed by atoms with E-state index in [1.54, 1.807) is 7.11 Å². The molecule has 1 rings (SSSR count). The molecule has 0 aliphatic carbocycles. The Morgan fingerprint density at radius 3 is 2.50 bits per heavy atom. The Kier molecular flexibility index (Phi) is 5.67. The van der Waals surface area contributed by atoms with Crippen molar-refractivity contribution >= 4 is 6.09 Å². The molecule has 0 spiro atoms. The fourth-order valence-electron chi connectivity index (χ4n) is 1.59. The molecule has 0 unspecified atom stereocenters. The van der Waals surface area contributed by atoms with Gasteiger partial charge in [0.25, 0.3) is 0 Å². The number of carbonyl (C=O) groups is 1. The Balaban J connectivity index is 2.62. The number of amides is 1. The second-order valence-electron chi connectivity index (χ2n) is 5.27. The summed E-state index contributed by atoms with van der Waals surface area (Å²) in [4.78, 5) is 11.6. The average molecular weight is 281 g/mol. The van der Waals surface area contributed by atoms with Crippen LogP contribution in [-0.4, -0.2) is 25.4 Å². The molecule has 1 N–H and O–H groups in total. The molecule has 5 heteroatoms. The number of rotatable bonds is 5. The Morgan fingerprint density at radius 1 is 1.25 bits per heavy atom. The molecule has 0 heterocycles. The second-order valence-corrected chi connectivity index (χ2v) is 5.27. The molecule has 0 radical (unpaired) electrons. The van der Waals surface area contributed by atoms with Gasteiger partial charge in [0.2, 0.25) is 0 Å². The number of hydrogen-bond acceptors (Lipinski definition) is 4. The lowest BCUT2D eigenvalue weighted by atomic mass is 10.2. The van der Waals surface area contributed by atoms with Crippen molar-refractivity contribution < 1.29 is 19.0 Å². The van der Waals surface area contributed by atoms with Crippen LogP contribution in [0.25, 0.3) is 0 Å². The quantitative estimate of drug-likeness (QED) is 0.901. The Labute approximate surface area is 120 Å². The molecule has 1 aromatic rings. The van der Waals surface area contributed by atoms with Crippen LogP contribution in [0.15, 0.2) is 18.2 Å². The van der Waals surface area contributed by atoms with E-state index in [0.29, 0.717) is 24.7 Å². The maximum atomic E-state index is 11.6. The summed E-state index contributed by atoms with van der Waals surface area (Å²) < 4.78 is 15.9. The summed E-state index contributed by atoms with van der Waals surface area (Å²) in [6.45, 7) is 8.34. The van der Waals surface area contributed by atoms with Gasteiger partial charge in [-0.3, -0.25) is 0 Å². The van der Waals surface area contributed by atoms with E-state index in [1.807, 2.05) is 45.9 Å². The van der Waals surface area contributed by atoms with Crippen LogP contribution in [0, 0.1) is 0 Å². The lowest BCUT2D eigenvalue weighted by Crippen LogP contribution is -2.32. The molecule has 0 fully saturated rings. The zero-order valence-corrected chi connectivity index (χ0v) is 12.8. The first-order chi connectivity index (χ1) is 9.35. The number of hydrogen-bond donors (Lipinski definition) is 1. The van der Waals surface area contributed by atoms with E-state index < -0.39 is 11.7 Å². The van der Waals surface area contributed by atoms with E-state index in [1.165, 1.54) is 0 Å². The van der Waals surface area contributed by atoms with Gasteiger partial charge in [-0.2, -0.15) is 0 Å². The SMILES string of the molecule is CCOc1ccc(CNC(=O)OC(C)(C)C)cc1OC. The van der Waals surface area contributed by atoms with Gasteiger partial charge >= 0.3 is 6.09 Å². The molecule has 0 saturated carbocycles. The van der Waals surface area contributed by atoms with Crippen LogP contribution in [0.4, 0.5) is 4.79 Å². The van der Waals surface area contributed by atoms with Crippen molar-refractivity contribution in [2.75, 3.05) is 13.7 Å². The van der Waals surface area contributed by atoms with Gasteiger partial charge < -0.3 is 19.5 Å². The highest BCUT2D eigenvalue weighted by Crippen LogP contribution is 2.27. The minimum atomic E-state index is -0.499. The van der Waals surface area contributed by atoms with Crippen molar-refractivity contribution in [1.29, 1.82) is 0 Å². The van der Waals surface area contributed by atoms with Gasteiger partial charge in [0.15, 0.2) is 11.5 Å². The standard InChI is InChI=1S/C15H23NO4/c1-6-19-12-8-7-11(9-13(12)18-5)10-16-14(17)20-15(2,3)4/h7-9H,6,10H2,1-5H3,(H,16,17). The lowest BCUT2D eigenvalue weighted by molar-refractivity contribution is 0.0523. The highest BCUT2D eigenvalue weighted by atomic mass is 16.6. The molecule has 1 aromatic carbocycles. The molecule has 0 aliphatic rings. The fourth-order valence-corrected chi connectivity index (χ4v) is 1.59. The van der Waals surface area contributed by atoms with Gasteiger partial charge in [0.1, 0.15) is 5.60 Å². The van der Waals surface area contributed by atoms with Gasteiger partial charge in [0, 0.05) is 6.54 Å². The Hall–Kier alpha value is -1.91. The summed E-state index contributed by atoms with van der Waals surface area (Å²) in [5.74, 6) is 1.34. The first kappa shape index (κ1) is 16.1. The molecule has 0 aromatic heterocycles. The first-order valence-corrected chi connectivity index (χ1v) is 6.62. The van der Waals surface area contributed by atoms with Crippen molar-refractivity contribution in [1.82, 2.24) is 5.32 Å². The molecule has 0 bridgehead atoms. The van der Waals surface area contributed by atoms with E-state index in [9.17, 15) is 4.79 Å². The summed E-state index contributed by atoms with van der Waals surface area (Å²) in [5, 5.41) is 2.70. The molecular formula is C15H23NO4. The van der Waals surface area contributed by atoms with Crippen LogP contribution >= 0.6 is 0 Å². The minimum absolute atomic E-state index is 0.373. The lowest BCUT2D eigenvalue weighted by Gasteiger charge is -2.19. The number of ether oxygens (including phenoxy) is 3. The van der Waals surface area contributed by atoms with Crippen molar-refractivity contribution in [3.05, 3.63) is 23.8 Å². The maximum absolute atomic E-state index is 11.6. The van der Waals surface area contributed by atoms with Crippen LogP contribution in [-0.2, 0) is 11.3 Å². The topological polar surface area (TPSA) is 56.8 Å². The minimum Gasteiger partial charge on any atom is -0.493 e. The first-order valence-electron chi connectivity index (χ1n) is 6.62. The van der Waals surface area contributed by atoms with E-state index >= 15 is 0 Å². The largest absolute Gasteiger partial charge is 0.493 e. The average Bonchev–Trinajstić information content (AvgIpc) is 2.36. The van der Waals surface area contributed by atoms with Crippen molar-refractivity contribution in [2.24, 2.45) is 0 Å². The van der Waals surface area contributed by atoms with Crippen LogP contribution < -0.4 is 14.8 Å². The highest BCUT2D eigenvalue weighted by molar-refractivity contribution is 5.67. The van der Waals surface area contributed by atoms with Crippen LogP contribution in [0.3, 0.4) is 0 Å². The molecule has 1 amide bonds. The Bertz CT molecular complexity index is 452. The molecule has 112 valence electrons. The van der Waals surface area contributed by atoms with Crippen LogP contribution in [0.1, 0.15) is 33.3 Å². The van der Waals surface area contributed by atoms with E-state index in [4.69, 9.17) is 14.2 Å². The summed E-state index contributed by atoms with van der Waals surface area (Å²) >= 11 is 0. The number of alkyl carbamates (subject to hydrolysis) is 1. The summed E-state index contributed by atoms with van der Waals surface area (Å²) in [5.41, 5.74) is 0.414. The van der Waals surface area contributed by atoms with Gasteiger partial charge in [0.05, 0.1) is 13.7 Å². The highest BCUT2D eigenvalue weighted by Gasteiger charge is 2.15. The molecule has 20 heavy (non-hydrogen) atoms. The van der Waals surface area contributed by atoms with Gasteiger partial charge in [-0.1, -0.05) is 6.07 Å². The van der Waals surface area contributed by atoms with Crippen molar-refractivity contribution in [3.8, 4) is 11.5 Å². The van der Waals surface area contributed by atoms with Gasteiger partial charge in [-0.25, -0.2) is 4.79 Å². The Morgan fingerprint density at radius 2 is 1.95 bits per heavy atom. The number of benzene rings is 1. The van der Waals surface area contributed by atoms with E-state index in [-0.39, 0.29) is 0 Å². The second kappa shape index (κ2) is 7.03.